The van der Waals surface area contributed by atoms with Crippen molar-refractivity contribution in [3.63, 3.8) is 0 Å². The summed E-state index contributed by atoms with van der Waals surface area (Å²) in [6.45, 7) is 3.48. The Morgan fingerprint density at radius 1 is 1.00 bits per heavy atom. The SMILES string of the molecule is CNC(Cc1cc(-c2ccc(C(F)(F)F)cc2)nn1Cc1ccccc1)c1ccc(OC(C)(C)C(=O)O)cc1. The van der Waals surface area contributed by atoms with Gasteiger partial charge in [-0.2, -0.15) is 18.3 Å². The zero-order valence-corrected chi connectivity index (χ0v) is 21.9. The fourth-order valence-electron chi connectivity index (χ4n) is 4.19. The number of nitrogens with zero attached hydrogens (tertiary/aromatic N) is 2. The van der Waals surface area contributed by atoms with Gasteiger partial charge < -0.3 is 15.2 Å². The van der Waals surface area contributed by atoms with E-state index in [1.54, 1.807) is 12.1 Å². The van der Waals surface area contributed by atoms with Gasteiger partial charge in [0, 0.05) is 23.7 Å². The van der Waals surface area contributed by atoms with Crippen LogP contribution in [0, 0.1) is 0 Å². The minimum absolute atomic E-state index is 0.113. The number of halogens is 3. The number of carboxylic acid groups (broad SMARTS) is 1. The highest BCUT2D eigenvalue weighted by molar-refractivity contribution is 5.76. The molecule has 0 spiro atoms. The summed E-state index contributed by atoms with van der Waals surface area (Å²) in [5.41, 5.74) is 2.03. The van der Waals surface area contributed by atoms with Crippen LogP contribution in [0.15, 0.2) is 84.9 Å². The predicted molar refractivity (Wildman–Crippen MR) is 142 cm³/mol. The minimum atomic E-state index is -4.40. The Hall–Kier alpha value is -4.11. The smallest absolute Gasteiger partial charge is 0.416 e. The number of aromatic nitrogens is 2. The topological polar surface area (TPSA) is 76.4 Å². The van der Waals surface area contributed by atoms with Crippen LogP contribution in [0.2, 0.25) is 0 Å². The van der Waals surface area contributed by atoms with Crippen LogP contribution in [0.4, 0.5) is 13.2 Å². The van der Waals surface area contributed by atoms with E-state index in [1.165, 1.54) is 26.0 Å². The molecule has 0 aliphatic heterocycles. The Labute approximate surface area is 225 Å². The maximum atomic E-state index is 13.1. The highest BCUT2D eigenvalue weighted by atomic mass is 19.4. The van der Waals surface area contributed by atoms with Gasteiger partial charge in [-0.15, -0.1) is 0 Å². The van der Waals surface area contributed by atoms with E-state index in [4.69, 9.17) is 9.84 Å². The summed E-state index contributed by atoms with van der Waals surface area (Å²) in [6, 6.07) is 23.8. The van der Waals surface area contributed by atoms with Gasteiger partial charge in [-0.25, -0.2) is 4.79 Å². The van der Waals surface area contributed by atoms with Gasteiger partial charge in [-0.1, -0.05) is 54.6 Å². The van der Waals surface area contributed by atoms with Crippen LogP contribution in [-0.2, 0) is 23.9 Å². The second-order valence-electron chi connectivity index (χ2n) is 9.77. The van der Waals surface area contributed by atoms with E-state index in [0.717, 1.165) is 29.0 Å². The van der Waals surface area contributed by atoms with Crippen molar-refractivity contribution in [1.82, 2.24) is 15.1 Å². The summed E-state index contributed by atoms with van der Waals surface area (Å²) >= 11 is 0. The van der Waals surface area contributed by atoms with E-state index >= 15 is 0 Å². The van der Waals surface area contributed by atoms with Crippen LogP contribution in [0.5, 0.6) is 5.75 Å². The Balaban J connectivity index is 1.62. The number of carbonyl (C=O) groups is 1. The molecule has 9 heteroatoms. The molecule has 0 radical (unpaired) electrons. The second-order valence-corrected chi connectivity index (χ2v) is 9.77. The number of rotatable bonds is 10. The quantitative estimate of drug-likeness (QED) is 0.246. The van der Waals surface area contributed by atoms with E-state index in [2.05, 4.69) is 5.32 Å². The fraction of sp³-hybridized carbons (Fsp3) is 0.267. The van der Waals surface area contributed by atoms with Gasteiger partial charge in [-0.3, -0.25) is 4.68 Å². The second kappa shape index (κ2) is 11.3. The molecule has 0 saturated carbocycles. The molecule has 0 aliphatic carbocycles. The monoisotopic (exact) mass is 537 g/mol. The third-order valence-electron chi connectivity index (χ3n) is 6.48. The van der Waals surface area contributed by atoms with E-state index in [-0.39, 0.29) is 6.04 Å². The Kier molecular flexibility index (Phi) is 8.11. The van der Waals surface area contributed by atoms with Gasteiger partial charge >= 0.3 is 12.1 Å². The normalized spacial score (nSPS) is 12.8. The molecular weight excluding hydrogens is 507 g/mol. The van der Waals surface area contributed by atoms with E-state index in [1.807, 2.05) is 60.3 Å². The van der Waals surface area contributed by atoms with E-state index in [0.29, 0.717) is 30.0 Å². The number of hydrogen-bond donors (Lipinski definition) is 2. The Bertz CT molecular complexity index is 1400. The van der Waals surface area contributed by atoms with Crippen LogP contribution >= 0.6 is 0 Å². The molecule has 1 aromatic heterocycles. The van der Waals surface area contributed by atoms with Crippen molar-refractivity contribution in [2.45, 2.75) is 44.6 Å². The van der Waals surface area contributed by atoms with E-state index < -0.39 is 23.3 Å². The highest BCUT2D eigenvalue weighted by Gasteiger charge is 2.30. The molecule has 0 bridgehead atoms. The van der Waals surface area contributed by atoms with Gasteiger partial charge in [0.15, 0.2) is 5.60 Å². The molecular formula is C30H30F3N3O3. The first-order valence-electron chi connectivity index (χ1n) is 12.4. The van der Waals surface area contributed by atoms with Crippen molar-refractivity contribution in [3.8, 4) is 17.0 Å². The molecule has 0 aliphatic rings. The average Bonchev–Trinajstić information content (AvgIpc) is 3.29. The summed E-state index contributed by atoms with van der Waals surface area (Å²) in [4.78, 5) is 11.4. The minimum Gasteiger partial charge on any atom is -0.478 e. The van der Waals surface area contributed by atoms with Crippen LogP contribution in [-0.4, -0.2) is 33.5 Å². The summed E-state index contributed by atoms with van der Waals surface area (Å²) in [6.07, 6.45) is -3.85. The molecule has 0 amide bonds. The van der Waals surface area contributed by atoms with Crippen molar-refractivity contribution in [2.75, 3.05) is 7.05 Å². The van der Waals surface area contributed by atoms with Gasteiger partial charge in [0.05, 0.1) is 17.8 Å². The molecule has 39 heavy (non-hydrogen) atoms. The first kappa shape index (κ1) is 27.9. The molecule has 4 rings (SSSR count). The molecule has 2 N–H and O–H groups in total. The molecule has 204 valence electrons. The molecule has 1 atom stereocenters. The van der Waals surface area contributed by atoms with Crippen LogP contribution in [0.25, 0.3) is 11.3 Å². The first-order valence-corrected chi connectivity index (χ1v) is 12.4. The van der Waals surface area contributed by atoms with Gasteiger partial charge in [0.1, 0.15) is 5.75 Å². The number of nitrogens with one attached hydrogen (secondary N) is 1. The largest absolute Gasteiger partial charge is 0.478 e. The van der Waals surface area contributed by atoms with Crippen molar-refractivity contribution < 1.29 is 27.8 Å². The maximum Gasteiger partial charge on any atom is 0.416 e. The Morgan fingerprint density at radius 2 is 1.64 bits per heavy atom. The van der Waals surface area contributed by atoms with Gasteiger partial charge in [-0.05, 0) is 62.4 Å². The molecule has 0 fully saturated rings. The number of alkyl halides is 3. The lowest BCUT2D eigenvalue weighted by Gasteiger charge is -2.22. The van der Waals surface area contributed by atoms with Gasteiger partial charge in [0.25, 0.3) is 0 Å². The molecule has 0 saturated heterocycles. The lowest BCUT2D eigenvalue weighted by molar-refractivity contribution is -0.152. The summed E-state index contributed by atoms with van der Waals surface area (Å²) < 4.78 is 46.7. The van der Waals surface area contributed by atoms with Crippen molar-refractivity contribution in [2.24, 2.45) is 0 Å². The maximum absolute atomic E-state index is 13.1. The lowest BCUT2D eigenvalue weighted by atomic mass is 10.0. The number of hydrogen-bond acceptors (Lipinski definition) is 4. The summed E-state index contributed by atoms with van der Waals surface area (Å²) in [5.74, 6) is -0.616. The number of benzene rings is 3. The molecule has 6 nitrogen and oxygen atoms in total. The number of aliphatic carboxylic acids is 1. The zero-order valence-electron chi connectivity index (χ0n) is 21.9. The number of ether oxygens (including phenoxy) is 1. The summed E-state index contributed by atoms with van der Waals surface area (Å²) in [5, 5.41) is 17.4. The van der Waals surface area contributed by atoms with Gasteiger partial charge in [0.2, 0.25) is 0 Å². The van der Waals surface area contributed by atoms with Crippen molar-refractivity contribution in [1.29, 1.82) is 0 Å². The fourth-order valence-corrected chi connectivity index (χ4v) is 4.19. The van der Waals surface area contributed by atoms with E-state index in [9.17, 15) is 23.1 Å². The third kappa shape index (κ3) is 6.86. The van der Waals surface area contributed by atoms with Crippen LogP contribution < -0.4 is 10.1 Å². The zero-order chi connectivity index (χ0) is 28.2. The van der Waals surface area contributed by atoms with Crippen LogP contribution in [0.1, 0.15) is 42.3 Å². The highest BCUT2D eigenvalue weighted by Crippen LogP contribution is 2.31. The average molecular weight is 538 g/mol. The number of carboxylic acids is 1. The van der Waals surface area contributed by atoms with Crippen LogP contribution in [0.3, 0.4) is 0 Å². The third-order valence-corrected chi connectivity index (χ3v) is 6.48. The molecule has 1 heterocycles. The van der Waals surface area contributed by atoms with Crippen molar-refractivity contribution >= 4 is 5.97 Å². The van der Waals surface area contributed by atoms with Crippen molar-refractivity contribution in [3.05, 3.63) is 107 Å². The lowest BCUT2D eigenvalue weighted by Crippen LogP contribution is -2.37. The predicted octanol–water partition coefficient (Wildman–Crippen LogP) is 6.36. The number of likely N-dealkylation sites (N-methyl/N-ethyl adjacent to an activating group) is 1. The Morgan fingerprint density at radius 3 is 2.21 bits per heavy atom. The summed E-state index contributed by atoms with van der Waals surface area (Å²) in [7, 11) is 1.84. The molecule has 1 unspecified atom stereocenters. The molecule has 4 aromatic rings. The standard InChI is InChI=1S/C30H30F3N3O3/c1-29(2,28(37)38)39-25-15-11-21(12-16-25)26(34-3)17-24-18-27(22-9-13-23(14-10-22)30(31,32)33)35-36(24)19-20-7-5-4-6-8-20/h4-16,18,26,34H,17,19H2,1-3H3,(H,37,38). The first-order chi connectivity index (χ1) is 18.5. The molecule has 3 aromatic carbocycles.